The van der Waals surface area contributed by atoms with E-state index in [0.717, 1.165) is 37.4 Å². The molecule has 0 saturated heterocycles. The highest BCUT2D eigenvalue weighted by molar-refractivity contribution is 5.20. The SMILES string of the molecule is CCc1nc2c(n1CCF)CNCC2. The first-order chi connectivity index (χ1) is 6.86. The molecular formula is C10H16FN3. The molecule has 0 bridgehead atoms. The summed E-state index contributed by atoms with van der Waals surface area (Å²) in [4.78, 5) is 4.54. The van der Waals surface area contributed by atoms with Gasteiger partial charge >= 0.3 is 0 Å². The van der Waals surface area contributed by atoms with Crippen molar-refractivity contribution in [3.05, 3.63) is 17.2 Å². The Kier molecular flexibility index (Phi) is 2.82. The van der Waals surface area contributed by atoms with E-state index >= 15 is 0 Å². The molecule has 0 fully saturated rings. The molecule has 1 aromatic rings. The number of nitrogens with zero attached hydrogens (tertiary/aromatic N) is 2. The fourth-order valence-electron chi connectivity index (χ4n) is 2.02. The highest BCUT2D eigenvalue weighted by Gasteiger charge is 2.18. The largest absolute Gasteiger partial charge is 0.328 e. The number of hydrogen-bond acceptors (Lipinski definition) is 2. The third-order valence-corrected chi connectivity index (χ3v) is 2.69. The zero-order valence-corrected chi connectivity index (χ0v) is 8.52. The Morgan fingerprint density at radius 1 is 1.57 bits per heavy atom. The molecule has 4 heteroatoms. The number of fused-ring (bicyclic) bond motifs is 1. The predicted octanol–water partition coefficient (Wildman–Crippen LogP) is 1.06. The number of imidazole rings is 1. The highest BCUT2D eigenvalue weighted by atomic mass is 19.1. The van der Waals surface area contributed by atoms with E-state index in [1.165, 1.54) is 5.69 Å². The Labute approximate surface area is 83.3 Å². The van der Waals surface area contributed by atoms with Crippen molar-refractivity contribution in [1.29, 1.82) is 0 Å². The Balaban J connectivity index is 2.37. The molecule has 1 N–H and O–H groups in total. The normalized spacial score (nSPS) is 15.6. The third kappa shape index (κ3) is 1.54. The van der Waals surface area contributed by atoms with E-state index in [2.05, 4.69) is 17.2 Å². The van der Waals surface area contributed by atoms with Crippen LogP contribution in [-0.2, 0) is 25.9 Å². The molecule has 1 aliphatic rings. The second-order valence-electron chi connectivity index (χ2n) is 3.54. The van der Waals surface area contributed by atoms with E-state index in [4.69, 9.17) is 0 Å². The van der Waals surface area contributed by atoms with Crippen LogP contribution in [0.25, 0.3) is 0 Å². The molecule has 0 unspecified atom stereocenters. The van der Waals surface area contributed by atoms with Crippen molar-refractivity contribution in [3.8, 4) is 0 Å². The number of aryl methyl sites for hydroxylation is 1. The number of hydrogen-bond donors (Lipinski definition) is 1. The van der Waals surface area contributed by atoms with Crippen LogP contribution in [0, 0.1) is 0 Å². The Morgan fingerprint density at radius 2 is 2.43 bits per heavy atom. The minimum Gasteiger partial charge on any atom is -0.328 e. The molecule has 0 amide bonds. The first-order valence-corrected chi connectivity index (χ1v) is 5.20. The molecule has 0 aliphatic carbocycles. The van der Waals surface area contributed by atoms with Crippen molar-refractivity contribution >= 4 is 0 Å². The van der Waals surface area contributed by atoms with E-state index in [9.17, 15) is 4.39 Å². The zero-order valence-electron chi connectivity index (χ0n) is 8.52. The number of rotatable bonds is 3. The molecule has 0 radical (unpaired) electrons. The van der Waals surface area contributed by atoms with Gasteiger partial charge in [-0.3, -0.25) is 0 Å². The average Bonchev–Trinajstić information content (AvgIpc) is 2.58. The van der Waals surface area contributed by atoms with Crippen molar-refractivity contribution in [2.24, 2.45) is 0 Å². The molecule has 0 aromatic carbocycles. The van der Waals surface area contributed by atoms with Crippen LogP contribution < -0.4 is 5.32 Å². The molecule has 14 heavy (non-hydrogen) atoms. The van der Waals surface area contributed by atoms with Gasteiger partial charge in [-0.05, 0) is 0 Å². The van der Waals surface area contributed by atoms with Crippen LogP contribution in [0.5, 0.6) is 0 Å². The number of nitrogens with one attached hydrogen (secondary N) is 1. The van der Waals surface area contributed by atoms with Crippen molar-refractivity contribution < 1.29 is 4.39 Å². The molecule has 1 aromatic heterocycles. The first-order valence-electron chi connectivity index (χ1n) is 5.20. The topological polar surface area (TPSA) is 29.9 Å². The molecule has 2 heterocycles. The van der Waals surface area contributed by atoms with Gasteiger partial charge in [-0.15, -0.1) is 0 Å². The molecule has 0 saturated carbocycles. The van der Waals surface area contributed by atoms with Crippen molar-refractivity contribution in [1.82, 2.24) is 14.9 Å². The van der Waals surface area contributed by atoms with Gasteiger partial charge in [0.1, 0.15) is 12.5 Å². The van der Waals surface area contributed by atoms with Crippen LogP contribution in [0.1, 0.15) is 24.1 Å². The van der Waals surface area contributed by atoms with Gasteiger partial charge in [0.05, 0.1) is 17.9 Å². The minimum atomic E-state index is -0.310. The summed E-state index contributed by atoms with van der Waals surface area (Å²) in [6.45, 7) is 4.03. The van der Waals surface area contributed by atoms with E-state index in [1.54, 1.807) is 0 Å². The summed E-state index contributed by atoms with van der Waals surface area (Å²) < 4.78 is 14.4. The van der Waals surface area contributed by atoms with Crippen LogP contribution >= 0.6 is 0 Å². The lowest BCUT2D eigenvalue weighted by atomic mass is 10.2. The lowest BCUT2D eigenvalue weighted by Crippen LogP contribution is -2.25. The van der Waals surface area contributed by atoms with Crippen molar-refractivity contribution in [3.63, 3.8) is 0 Å². The van der Waals surface area contributed by atoms with Gasteiger partial charge in [0.25, 0.3) is 0 Å². The summed E-state index contributed by atoms with van der Waals surface area (Å²) in [6.07, 6.45) is 1.86. The van der Waals surface area contributed by atoms with Crippen LogP contribution in [0.2, 0.25) is 0 Å². The van der Waals surface area contributed by atoms with Crippen LogP contribution in [0.15, 0.2) is 0 Å². The fourth-order valence-corrected chi connectivity index (χ4v) is 2.02. The molecular weight excluding hydrogens is 181 g/mol. The standard InChI is InChI=1S/C10H16FN3/c1-2-10-13-8-3-5-12-7-9(8)14(10)6-4-11/h12H,2-7H2,1H3. The molecule has 78 valence electrons. The minimum absolute atomic E-state index is 0.310. The smallest absolute Gasteiger partial charge is 0.109 e. The highest BCUT2D eigenvalue weighted by Crippen LogP contribution is 2.16. The van der Waals surface area contributed by atoms with Gasteiger partial charge in [-0.2, -0.15) is 0 Å². The van der Waals surface area contributed by atoms with Gasteiger partial charge in [-0.25, -0.2) is 9.37 Å². The maximum absolute atomic E-state index is 12.4. The van der Waals surface area contributed by atoms with E-state index in [-0.39, 0.29) is 6.67 Å². The van der Waals surface area contributed by atoms with Gasteiger partial charge < -0.3 is 9.88 Å². The Bertz CT molecular complexity index is 319. The summed E-state index contributed by atoms with van der Waals surface area (Å²) >= 11 is 0. The number of halogens is 1. The van der Waals surface area contributed by atoms with E-state index in [1.807, 2.05) is 4.57 Å². The van der Waals surface area contributed by atoms with E-state index in [0.29, 0.717) is 6.54 Å². The molecule has 1 aliphatic heterocycles. The van der Waals surface area contributed by atoms with E-state index < -0.39 is 0 Å². The number of aromatic nitrogens is 2. The van der Waals surface area contributed by atoms with Gasteiger partial charge in [-0.1, -0.05) is 6.92 Å². The Hall–Kier alpha value is -0.900. The van der Waals surface area contributed by atoms with Gasteiger partial charge in [0.15, 0.2) is 0 Å². The van der Waals surface area contributed by atoms with Crippen molar-refractivity contribution in [2.45, 2.75) is 32.9 Å². The maximum Gasteiger partial charge on any atom is 0.109 e. The second-order valence-corrected chi connectivity index (χ2v) is 3.54. The summed E-state index contributed by atoms with van der Waals surface area (Å²) in [5, 5.41) is 3.29. The molecule has 0 atom stereocenters. The van der Waals surface area contributed by atoms with Crippen molar-refractivity contribution in [2.75, 3.05) is 13.2 Å². The zero-order chi connectivity index (χ0) is 9.97. The molecule has 0 spiro atoms. The predicted molar refractivity (Wildman–Crippen MR) is 53.0 cm³/mol. The van der Waals surface area contributed by atoms with Crippen LogP contribution in [0.3, 0.4) is 0 Å². The second kappa shape index (κ2) is 4.09. The number of alkyl halides is 1. The summed E-state index contributed by atoms with van der Waals surface area (Å²) in [5.74, 6) is 1.02. The fraction of sp³-hybridized carbons (Fsp3) is 0.700. The molecule has 3 nitrogen and oxygen atoms in total. The summed E-state index contributed by atoms with van der Waals surface area (Å²) in [5.41, 5.74) is 2.35. The van der Waals surface area contributed by atoms with Gasteiger partial charge in [0.2, 0.25) is 0 Å². The monoisotopic (exact) mass is 197 g/mol. The Morgan fingerprint density at radius 3 is 3.14 bits per heavy atom. The lowest BCUT2D eigenvalue weighted by Gasteiger charge is -2.15. The lowest BCUT2D eigenvalue weighted by molar-refractivity contribution is 0.429. The first kappa shape index (κ1) is 9.65. The van der Waals surface area contributed by atoms with Gasteiger partial charge in [0, 0.05) is 25.9 Å². The maximum atomic E-state index is 12.4. The third-order valence-electron chi connectivity index (χ3n) is 2.69. The quantitative estimate of drug-likeness (QED) is 0.785. The average molecular weight is 197 g/mol. The van der Waals surface area contributed by atoms with Crippen LogP contribution in [-0.4, -0.2) is 22.8 Å². The summed E-state index contributed by atoms with van der Waals surface area (Å²) in [7, 11) is 0. The summed E-state index contributed by atoms with van der Waals surface area (Å²) in [6, 6.07) is 0. The van der Waals surface area contributed by atoms with Crippen LogP contribution in [0.4, 0.5) is 4.39 Å². The molecule has 2 rings (SSSR count).